The zero-order valence-electron chi connectivity index (χ0n) is 26.5. The van der Waals surface area contributed by atoms with E-state index in [0.717, 1.165) is 17.5 Å². The minimum atomic E-state index is -0.914. The van der Waals surface area contributed by atoms with Gasteiger partial charge in [0.25, 0.3) is 0 Å². The van der Waals surface area contributed by atoms with Gasteiger partial charge in [-0.05, 0) is 37.0 Å². The van der Waals surface area contributed by atoms with Crippen molar-refractivity contribution in [1.29, 1.82) is 0 Å². The molecular formula is C35H41BrN6O4S. The molecule has 0 aliphatic carbocycles. The molecule has 3 aliphatic heterocycles. The number of alkyl halides is 1. The van der Waals surface area contributed by atoms with E-state index in [0.29, 0.717) is 31.4 Å². The van der Waals surface area contributed by atoms with Gasteiger partial charge in [-0.3, -0.25) is 14.4 Å². The van der Waals surface area contributed by atoms with Crippen molar-refractivity contribution >= 4 is 56.4 Å². The number of halogens is 1. The van der Waals surface area contributed by atoms with Crippen LogP contribution in [0.2, 0.25) is 0 Å². The Labute approximate surface area is 288 Å². The molecule has 1 aromatic heterocycles. The van der Waals surface area contributed by atoms with Gasteiger partial charge >= 0.3 is 0 Å². The van der Waals surface area contributed by atoms with Crippen LogP contribution in [0.3, 0.4) is 0 Å². The summed E-state index contributed by atoms with van der Waals surface area (Å²) in [6, 6.07) is 15.6. The largest absolute Gasteiger partial charge is 0.394 e. The Kier molecular flexibility index (Phi) is 9.91. The maximum Gasteiger partial charge on any atom is 0.248 e. The first kappa shape index (κ1) is 33.4. The molecule has 7 atom stereocenters. The highest BCUT2D eigenvalue weighted by Crippen LogP contribution is 2.68. The molecule has 47 heavy (non-hydrogen) atoms. The van der Waals surface area contributed by atoms with Gasteiger partial charge in [-0.1, -0.05) is 82.7 Å². The number of benzene rings is 2. The number of aliphatic hydroxyl groups excluding tert-OH is 1. The van der Waals surface area contributed by atoms with Crippen molar-refractivity contribution < 1.29 is 19.5 Å². The third-order valence-electron chi connectivity index (χ3n) is 9.71. The summed E-state index contributed by atoms with van der Waals surface area (Å²) >= 11 is 5.48. The van der Waals surface area contributed by atoms with Crippen LogP contribution in [0, 0.1) is 11.8 Å². The number of thioether (sulfide) groups is 1. The van der Waals surface area contributed by atoms with Crippen LogP contribution >= 0.6 is 27.7 Å². The normalized spacial score (nSPS) is 26.7. The van der Waals surface area contributed by atoms with Gasteiger partial charge in [-0.25, -0.2) is 4.68 Å². The van der Waals surface area contributed by atoms with E-state index in [1.807, 2.05) is 61.5 Å². The summed E-state index contributed by atoms with van der Waals surface area (Å²) in [5, 5.41) is 19.3. The second-order valence-corrected chi connectivity index (χ2v) is 15.3. The van der Waals surface area contributed by atoms with Crippen molar-refractivity contribution in [2.75, 3.05) is 26.2 Å². The average molecular weight is 722 g/mol. The number of carbonyl (C=O) groups is 3. The van der Waals surface area contributed by atoms with Crippen molar-refractivity contribution in [3.8, 4) is 0 Å². The predicted molar refractivity (Wildman–Crippen MR) is 187 cm³/mol. The van der Waals surface area contributed by atoms with E-state index in [9.17, 15) is 14.7 Å². The zero-order chi connectivity index (χ0) is 33.3. The smallest absolute Gasteiger partial charge is 0.248 e. The van der Waals surface area contributed by atoms with E-state index in [1.165, 1.54) is 0 Å². The second-order valence-electron chi connectivity index (χ2n) is 12.6. The van der Waals surface area contributed by atoms with Crippen LogP contribution in [-0.2, 0) is 27.5 Å². The highest BCUT2D eigenvalue weighted by Gasteiger charge is 2.76. The summed E-state index contributed by atoms with van der Waals surface area (Å²) < 4.78 is 0.810. The number of likely N-dealkylation sites (tertiary alicyclic amines) is 1. The molecule has 1 N–H and O–H groups in total. The summed E-state index contributed by atoms with van der Waals surface area (Å²) in [5.41, 5.74) is 2.44. The molecule has 2 bridgehead atoms. The minimum Gasteiger partial charge on any atom is -0.394 e. The summed E-state index contributed by atoms with van der Waals surface area (Å²) in [5.74, 6) is -1.90. The molecule has 10 nitrogen and oxygen atoms in total. The van der Waals surface area contributed by atoms with Gasteiger partial charge in [-0.15, -0.1) is 30.0 Å². The third kappa shape index (κ3) is 5.82. The zero-order valence-corrected chi connectivity index (χ0v) is 28.9. The average Bonchev–Trinajstić information content (AvgIpc) is 3.80. The van der Waals surface area contributed by atoms with Crippen molar-refractivity contribution in [2.24, 2.45) is 11.8 Å². The number of carbonyl (C=O) groups excluding carboxylic acids is 3. The fourth-order valence-electron chi connectivity index (χ4n) is 7.82. The number of hydrogen-bond donors (Lipinski definition) is 1. The Morgan fingerprint density at radius 2 is 1.81 bits per heavy atom. The lowest BCUT2D eigenvalue weighted by atomic mass is 9.70. The maximum atomic E-state index is 15.1. The van der Waals surface area contributed by atoms with Gasteiger partial charge in [0, 0.05) is 29.7 Å². The molecule has 6 rings (SSSR count). The lowest BCUT2D eigenvalue weighted by Gasteiger charge is -2.40. The van der Waals surface area contributed by atoms with E-state index >= 15 is 4.79 Å². The minimum absolute atomic E-state index is 0.0678. The second kappa shape index (κ2) is 13.9. The Morgan fingerprint density at radius 3 is 2.51 bits per heavy atom. The van der Waals surface area contributed by atoms with Crippen LogP contribution in [0.4, 0.5) is 0 Å². The Hall–Kier alpha value is -3.48. The Balaban J connectivity index is 1.43. The molecule has 3 aromatic rings. The van der Waals surface area contributed by atoms with E-state index < -0.39 is 28.7 Å². The summed E-state index contributed by atoms with van der Waals surface area (Å²) in [4.78, 5) is 49.3. The third-order valence-corrected chi connectivity index (χ3v) is 12.9. The van der Waals surface area contributed by atoms with Crippen LogP contribution < -0.4 is 0 Å². The number of nitrogens with zero attached hydrogens (tertiary/aromatic N) is 6. The molecule has 1 spiro atoms. The first-order valence-corrected chi connectivity index (χ1v) is 18.0. The fourth-order valence-corrected chi connectivity index (χ4v) is 11.4. The van der Waals surface area contributed by atoms with E-state index in [1.54, 1.807) is 43.3 Å². The van der Waals surface area contributed by atoms with E-state index in [-0.39, 0.29) is 47.6 Å². The Morgan fingerprint density at radius 1 is 1.11 bits per heavy atom. The summed E-state index contributed by atoms with van der Waals surface area (Å²) in [6.45, 7) is 10.7. The van der Waals surface area contributed by atoms with Crippen molar-refractivity contribution in [3.63, 3.8) is 0 Å². The lowest BCUT2D eigenvalue weighted by Crippen LogP contribution is -2.58. The molecule has 2 aromatic carbocycles. The highest BCUT2D eigenvalue weighted by atomic mass is 79.9. The SMILES string of the molecule is C=CCN(Cn1nnc2ccccc21)C(=O)C1N([C@@H](CO)Cc2ccccc2)C(=O)[C@@H]2[C@@H](C(=O)N(CC=C)CCC)[C@@H]3SC12CC3Br. The summed E-state index contributed by atoms with van der Waals surface area (Å²) in [6.07, 6.45) is 5.07. The molecule has 3 unspecified atom stereocenters. The molecule has 248 valence electrons. The number of aromatic nitrogens is 3. The number of para-hydroxylation sites is 1. The quantitative estimate of drug-likeness (QED) is 0.199. The molecule has 0 radical (unpaired) electrons. The van der Waals surface area contributed by atoms with Gasteiger partial charge in [0.05, 0.1) is 34.7 Å². The van der Waals surface area contributed by atoms with Gasteiger partial charge in [-0.2, -0.15) is 0 Å². The van der Waals surface area contributed by atoms with Gasteiger partial charge in [0.1, 0.15) is 18.2 Å². The van der Waals surface area contributed by atoms with Gasteiger partial charge in [0.15, 0.2) is 0 Å². The van der Waals surface area contributed by atoms with Crippen LogP contribution in [0.5, 0.6) is 0 Å². The standard InChI is InChI=1S/C35H41BrN6O4S/c1-4-16-39(17-5-2)32(44)28-29-33(45)42(24(21-43)19-23-12-8-7-9-13-23)31(35(29)20-25(36)30(28)47-35)34(46)40(18-6-3)22-41-27-15-11-10-14-26(27)37-38-41/h4,6-15,24-25,28-31,43H,1,3,5,16-22H2,2H3/t24-,25?,28-,29+,30-,31?,35?/m1/s1. The molecule has 3 fully saturated rings. The van der Waals surface area contributed by atoms with Crippen molar-refractivity contribution in [1.82, 2.24) is 29.7 Å². The molecule has 12 heteroatoms. The number of aliphatic hydroxyl groups is 1. The first-order valence-electron chi connectivity index (χ1n) is 16.2. The van der Waals surface area contributed by atoms with Crippen LogP contribution in [0.1, 0.15) is 25.3 Å². The number of fused-ring (bicyclic) bond motifs is 2. The fraction of sp³-hybridized carbons (Fsp3) is 0.457. The van der Waals surface area contributed by atoms with Crippen molar-refractivity contribution in [3.05, 3.63) is 85.5 Å². The van der Waals surface area contributed by atoms with Gasteiger partial charge in [0.2, 0.25) is 17.7 Å². The van der Waals surface area contributed by atoms with Crippen LogP contribution in [0.15, 0.2) is 79.9 Å². The first-order chi connectivity index (χ1) is 22.8. The number of amides is 3. The highest BCUT2D eigenvalue weighted by molar-refractivity contribution is 9.09. The molecular weight excluding hydrogens is 680 g/mol. The molecule has 3 aliphatic rings. The molecule has 3 amide bonds. The van der Waals surface area contributed by atoms with Crippen LogP contribution in [0.25, 0.3) is 11.0 Å². The van der Waals surface area contributed by atoms with E-state index in [4.69, 9.17) is 0 Å². The van der Waals surface area contributed by atoms with E-state index in [2.05, 4.69) is 39.4 Å². The number of rotatable bonds is 14. The van der Waals surface area contributed by atoms with Crippen LogP contribution in [-0.4, -0.2) is 106 Å². The number of hydrogen-bond acceptors (Lipinski definition) is 7. The summed E-state index contributed by atoms with van der Waals surface area (Å²) in [7, 11) is 0. The van der Waals surface area contributed by atoms with Crippen molar-refractivity contribution in [2.45, 2.75) is 59.8 Å². The predicted octanol–water partition coefficient (Wildman–Crippen LogP) is 3.90. The maximum absolute atomic E-state index is 15.1. The monoisotopic (exact) mass is 720 g/mol. The topological polar surface area (TPSA) is 112 Å². The lowest BCUT2D eigenvalue weighted by molar-refractivity contribution is -0.147. The molecule has 4 heterocycles. The Bertz CT molecular complexity index is 1650. The van der Waals surface area contributed by atoms with Gasteiger partial charge < -0.3 is 19.8 Å². The molecule has 0 saturated carbocycles. The molecule has 3 saturated heterocycles.